The molecule has 2 amide bonds. The molecular weight excluding hydrogens is 260 g/mol. The monoisotopic (exact) mass is 284 g/mol. The summed E-state index contributed by atoms with van der Waals surface area (Å²) in [6.07, 6.45) is 6.30. The Bertz CT molecular complexity index is 351. The van der Waals surface area contributed by atoms with Crippen molar-refractivity contribution >= 4 is 17.8 Å². The van der Waals surface area contributed by atoms with Crippen LogP contribution >= 0.6 is 0 Å². The molecule has 1 fully saturated rings. The van der Waals surface area contributed by atoms with E-state index in [0.29, 0.717) is 12.3 Å². The zero-order valence-corrected chi connectivity index (χ0v) is 12.2. The topological polar surface area (TPSA) is 84.5 Å². The first-order valence-corrected chi connectivity index (χ1v) is 7.16. The van der Waals surface area contributed by atoms with Crippen LogP contribution in [-0.2, 0) is 19.1 Å². The van der Waals surface area contributed by atoms with Crippen LogP contribution in [0.25, 0.3) is 0 Å². The minimum absolute atomic E-state index is 0.0994. The van der Waals surface area contributed by atoms with Crippen molar-refractivity contribution in [3.63, 3.8) is 0 Å². The lowest BCUT2D eigenvalue weighted by Gasteiger charge is -2.22. The van der Waals surface area contributed by atoms with Gasteiger partial charge in [0, 0.05) is 6.42 Å². The minimum atomic E-state index is -0.643. The average Bonchev–Trinajstić information content (AvgIpc) is 2.45. The van der Waals surface area contributed by atoms with E-state index in [2.05, 4.69) is 15.4 Å². The van der Waals surface area contributed by atoms with E-state index in [1.165, 1.54) is 26.4 Å². The van der Waals surface area contributed by atoms with Gasteiger partial charge in [0.15, 0.2) is 0 Å². The van der Waals surface area contributed by atoms with Crippen LogP contribution in [0.4, 0.5) is 0 Å². The van der Waals surface area contributed by atoms with Crippen LogP contribution in [-0.4, -0.2) is 37.5 Å². The van der Waals surface area contributed by atoms with Crippen molar-refractivity contribution in [2.75, 3.05) is 13.7 Å². The van der Waals surface area contributed by atoms with Gasteiger partial charge in [-0.2, -0.15) is 0 Å². The molecule has 0 aromatic rings. The molecule has 0 aliphatic heterocycles. The van der Waals surface area contributed by atoms with Crippen molar-refractivity contribution in [2.45, 2.75) is 51.5 Å². The maximum absolute atomic E-state index is 11.8. The fraction of sp³-hybridized carbons (Fsp3) is 0.786. The lowest BCUT2D eigenvalue weighted by Crippen LogP contribution is -2.46. The predicted octanol–water partition coefficient (Wildman–Crippen LogP) is 0.751. The molecule has 0 saturated heterocycles. The van der Waals surface area contributed by atoms with E-state index in [1.54, 1.807) is 6.92 Å². The molecule has 2 N–H and O–H groups in total. The first-order valence-electron chi connectivity index (χ1n) is 7.16. The van der Waals surface area contributed by atoms with Gasteiger partial charge in [0.2, 0.25) is 11.8 Å². The molecule has 1 rings (SSSR count). The van der Waals surface area contributed by atoms with Crippen molar-refractivity contribution < 1.29 is 19.1 Å². The third kappa shape index (κ3) is 6.04. The molecule has 0 aromatic carbocycles. The van der Waals surface area contributed by atoms with E-state index in [4.69, 9.17) is 0 Å². The van der Waals surface area contributed by atoms with Crippen LogP contribution in [0.5, 0.6) is 0 Å². The van der Waals surface area contributed by atoms with Crippen LogP contribution in [0, 0.1) is 5.92 Å². The zero-order valence-electron chi connectivity index (χ0n) is 12.2. The number of amides is 2. The first kappa shape index (κ1) is 16.5. The third-order valence-electron chi connectivity index (χ3n) is 3.60. The van der Waals surface area contributed by atoms with Gasteiger partial charge in [-0.1, -0.05) is 19.3 Å². The number of esters is 1. The maximum atomic E-state index is 11.8. The molecule has 0 radical (unpaired) electrons. The van der Waals surface area contributed by atoms with Gasteiger partial charge in [-0.3, -0.25) is 14.4 Å². The number of hydrogen-bond acceptors (Lipinski definition) is 4. The van der Waals surface area contributed by atoms with E-state index >= 15 is 0 Å². The second-order valence-corrected chi connectivity index (χ2v) is 5.29. The summed E-state index contributed by atoms with van der Waals surface area (Å²) in [5.41, 5.74) is 0. The van der Waals surface area contributed by atoms with Crippen LogP contribution in [0.15, 0.2) is 0 Å². The van der Waals surface area contributed by atoms with Crippen molar-refractivity contribution in [3.05, 3.63) is 0 Å². The Balaban J connectivity index is 2.25. The zero-order chi connectivity index (χ0) is 15.0. The molecule has 20 heavy (non-hydrogen) atoms. The van der Waals surface area contributed by atoms with E-state index in [9.17, 15) is 14.4 Å². The van der Waals surface area contributed by atoms with Gasteiger partial charge in [-0.15, -0.1) is 0 Å². The van der Waals surface area contributed by atoms with Gasteiger partial charge in [-0.25, -0.2) is 0 Å². The number of nitrogens with one attached hydrogen (secondary N) is 2. The fourth-order valence-electron chi connectivity index (χ4n) is 2.40. The van der Waals surface area contributed by atoms with E-state index in [-0.39, 0.29) is 18.4 Å². The smallest absolute Gasteiger partial charge is 0.325 e. The van der Waals surface area contributed by atoms with Crippen LogP contribution in [0.3, 0.4) is 0 Å². The number of carbonyl (C=O) groups excluding carboxylic acids is 3. The SMILES string of the molecule is COC(=O)CNC(=O)C(C)NC(=O)CC1CCCCC1. The number of methoxy groups -OCH3 is 1. The van der Waals surface area contributed by atoms with Crippen molar-refractivity contribution in [3.8, 4) is 0 Å². The van der Waals surface area contributed by atoms with Gasteiger partial charge in [-0.05, 0) is 25.7 Å². The van der Waals surface area contributed by atoms with Crippen LogP contribution in [0.1, 0.15) is 45.4 Å². The highest BCUT2D eigenvalue weighted by Gasteiger charge is 2.20. The summed E-state index contributed by atoms with van der Waals surface area (Å²) in [6, 6.07) is -0.643. The normalized spacial score (nSPS) is 17.1. The second kappa shape index (κ2) is 8.55. The lowest BCUT2D eigenvalue weighted by molar-refractivity contribution is -0.141. The first-order chi connectivity index (χ1) is 9.52. The molecule has 0 aromatic heterocycles. The Morgan fingerprint density at radius 3 is 2.45 bits per heavy atom. The van der Waals surface area contributed by atoms with Gasteiger partial charge in [0.25, 0.3) is 0 Å². The summed E-state index contributed by atoms with van der Waals surface area (Å²) in [5, 5.41) is 5.08. The van der Waals surface area contributed by atoms with E-state index < -0.39 is 12.0 Å². The summed E-state index contributed by atoms with van der Waals surface area (Å²) in [4.78, 5) is 34.4. The van der Waals surface area contributed by atoms with Crippen LogP contribution in [0.2, 0.25) is 0 Å². The standard InChI is InChI=1S/C14H24N2O4/c1-10(14(19)15-9-13(18)20-2)16-12(17)8-11-6-4-3-5-7-11/h10-11H,3-9H2,1-2H3,(H,15,19)(H,16,17). The summed E-state index contributed by atoms with van der Waals surface area (Å²) >= 11 is 0. The summed E-state index contributed by atoms with van der Waals surface area (Å²) in [5.74, 6) is -0.557. The predicted molar refractivity (Wildman–Crippen MR) is 73.8 cm³/mol. The number of ether oxygens (including phenoxy) is 1. The Morgan fingerprint density at radius 1 is 1.20 bits per heavy atom. The number of carbonyl (C=O) groups is 3. The Labute approximate surface area is 119 Å². The highest BCUT2D eigenvalue weighted by molar-refractivity contribution is 5.89. The van der Waals surface area contributed by atoms with E-state index in [1.807, 2.05) is 0 Å². The lowest BCUT2D eigenvalue weighted by atomic mass is 9.87. The quantitative estimate of drug-likeness (QED) is 0.705. The molecule has 0 heterocycles. The number of rotatable bonds is 6. The molecule has 1 aliphatic rings. The highest BCUT2D eigenvalue weighted by Crippen LogP contribution is 2.26. The fourth-order valence-corrected chi connectivity index (χ4v) is 2.40. The van der Waals surface area contributed by atoms with E-state index in [0.717, 1.165) is 12.8 Å². The summed E-state index contributed by atoms with van der Waals surface area (Å²) < 4.78 is 4.42. The molecule has 0 spiro atoms. The molecule has 1 saturated carbocycles. The van der Waals surface area contributed by atoms with Crippen molar-refractivity contribution in [2.24, 2.45) is 5.92 Å². The molecule has 6 heteroatoms. The second-order valence-electron chi connectivity index (χ2n) is 5.29. The number of hydrogen-bond donors (Lipinski definition) is 2. The highest BCUT2D eigenvalue weighted by atomic mass is 16.5. The molecule has 6 nitrogen and oxygen atoms in total. The molecule has 114 valence electrons. The van der Waals surface area contributed by atoms with Gasteiger partial charge >= 0.3 is 5.97 Å². The van der Waals surface area contributed by atoms with Crippen LogP contribution < -0.4 is 10.6 Å². The molecule has 1 aliphatic carbocycles. The van der Waals surface area contributed by atoms with Crippen molar-refractivity contribution in [1.82, 2.24) is 10.6 Å². The Morgan fingerprint density at radius 2 is 1.85 bits per heavy atom. The molecular formula is C14H24N2O4. The molecule has 1 atom stereocenters. The van der Waals surface area contributed by atoms with Crippen molar-refractivity contribution in [1.29, 1.82) is 0 Å². The molecule has 1 unspecified atom stereocenters. The Kier molecular flexibility index (Phi) is 7.04. The molecule has 0 bridgehead atoms. The van der Waals surface area contributed by atoms with Gasteiger partial charge in [0.05, 0.1) is 7.11 Å². The Hall–Kier alpha value is -1.59. The van der Waals surface area contributed by atoms with Gasteiger partial charge in [0.1, 0.15) is 12.6 Å². The summed E-state index contributed by atoms with van der Waals surface area (Å²) in [7, 11) is 1.25. The largest absolute Gasteiger partial charge is 0.468 e. The summed E-state index contributed by atoms with van der Waals surface area (Å²) in [6.45, 7) is 1.42. The maximum Gasteiger partial charge on any atom is 0.325 e. The third-order valence-corrected chi connectivity index (χ3v) is 3.60. The van der Waals surface area contributed by atoms with Gasteiger partial charge < -0.3 is 15.4 Å². The minimum Gasteiger partial charge on any atom is -0.468 e. The average molecular weight is 284 g/mol.